The fourth-order valence-electron chi connectivity index (χ4n) is 8.60. The molecule has 2 aromatic rings. The van der Waals surface area contributed by atoms with E-state index in [0.717, 1.165) is 38.5 Å². The maximum atomic E-state index is 13.1. The first-order valence-electron chi connectivity index (χ1n) is 26.0. The van der Waals surface area contributed by atoms with E-state index in [1.165, 1.54) is 174 Å². The topological polar surface area (TPSA) is 222 Å². The van der Waals surface area contributed by atoms with Crippen LogP contribution in [0.2, 0.25) is 0 Å². The van der Waals surface area contributed by atoms with E-state index in [-0.39, 0.29) is 36.5 Å². The van der Waals surface area contributed by atoms with Crippen molar-refractivity contribution in [3.8, 4) is 0 Å². The number of phosphoric ester groups is 1. The number of aliphatic hydroxyl groups excluding tert-OH is 1. The number of hydrogen-bond acceptors (Lipinski definition) is 13. The Bertz CT molecular complexity index is 1910. The third kappa shape index (κ3) is 22.9. The lowest BCUT2D eigenvalue weighted by Gasteiger charge is -2.21. The third-order valence-electron chi connectivity index (χ3n) is 12.6. The third-order valence-corrected chi connectivity index (χ3v) is 14.7. The van der Waals surface area contributed by atoms with E-state index in [2.05, 4.69) is 34.4 Å². The Balaban J connectivity index is 1.09. The summed E-state index contributed by atoms with van der Waals surface area (Å²) in [5.41, 5.74) is -2.06. The molecule has 0 saturated carbocycles. The van der Waals surface area contributed by atoms with Gasteiger partial charge in [-0.2, -0.15) is 9.97 Å². The Kier molecular flexibility index (Phi) is 28.5. The highest BCUT2D eigenvalue weighted by atomic mass is 32.2. The Labute approximate surface area is 408 Å². The van der Waals surface area contributed by atoms with Crippen molar-refractivity contribution in [1.82, 2.24) is 19.1 Å². The van der Waals surface area contributed by atoms with Crippen LogP contribution in [-0.2, 0) is 32.7 Å². The minimum absolute atomic E-state index is 0.0754. The maximum Gasteiger partial charge on any atom is 0.472 e. The van der Waals surface area contributed by atoms with E-state index in [1.807, 2.05) is 0 Å². The molecule has 17 nitrogen and oxygen atoms in total. The zero-order chi connectivity index (χ0) is 48.8. The number of thioether (sulfide) groups is 1. The number of carbonyl (C=O) groups excluding carboxylic acids is 2. The molecule has 19 heteroatoms. The molecule has 4 N–H and O–H groups in total. The van der Waals surface area contributed by atoms with Gasteiger partial charge in [0.1, 0.15) is 41.7 Å². The van der Waals surface area contributed by atoms with Crippen LogP contribution in [0.3, 0.4) is 0 Å². The van der Waals surface area contributed by atoms with E-state index in [0.29, 0.717) is 18.6 Å². The summed E-state index contributed by atoms with van der Waals surface area (Å²) in [6.45, 7) is 3.55. The van der Waals surface area contributed by atoms with E-state index in [4.69, 9.17) is 18.5 Å². The zero-order valence-corrected chi connectivity index (χ0v) is 42.7. The van der Waals surface area contributed by atoms with Crippen LogP contribution in [0.5, 0.6) is 0 Å². The van der Waals surface area contributed by atoms with Crippen molar-refractivity contribution >= 4 is 43.0 Å². The molecule has 2 aliphatic heterocycles. The highest BCUT2D eigenvalue weighted by Gasteiger charge is 2.42. The molecule has 0 radical (unpaired) electrons. The normalized spacial score (nSPS) is 20.1. The predicted molar refractivity (Wildman–Crippen MR) is 268 cm³/mol. The number of nitrogens with one attached hydrogen (secondary N) is 2. The standard InChI is InChI=1S/C49H83N6O11PS/c1-3-5-7-9-11-13-15-17-19-21-23-25-27-29-43(57)50-41-31-33-54(48(59)52-41)45-35-39(40(36-56)64-45)66-67(61,62)63-37-47-65-46(38-68-47)55-34-32-42(53-49(55)60)51-44(58)30-28-26-24-22-20-18-16-14-12-10-8-6-4-2/h31-34,39-40,45-47,56H,3-30,35-38H2,1-2H3,(H,61,62)(H,50,52,57,59)(H,51,53,58,60). The van der Waals surface area contributed by atoms with Crippen LogP contribution >= 0.6 is 19.6 Å². The molecular formula is C49H83N6O11PS. The average molecular weight is 995 g/mol. The molecule has 0 bridgehead atoms. The summed E-state index contributed by atoms with van der Waals surface area (Å²) in [5.74, 6) is 0.171. The molecule has 6 atom stereocenters. The van der Waals surface area contributed by atoms with E-state index < -0.39 is 55.9 Å². The number of ether oxygens (including phenoxy) is 2. The van der Waals surface area contributed by atoms with Gasteiger partial charge in [0.05, 0.1) is 13.2 Å². The minimum Gasteiger partial charge on any atom is -0.394 e. The number of anilines is 2. The molecule has 6 unspecified atom stereocenters. The number of rotatable bonds is 38. The Morgan fingerprint density at radius 1 is 0.676 bits per heavy atom. The van der Waals surface area contributed by atoms with Gasteiger partial charge in [0.25, 0.3) is 0 Å². The molecule has 2 aromatic heterocycles. The summed E-state index contributed by atoms with van der Waals surface area (Å²) in [6, 6.07) is 3.00. The van der Waals surface area contributed by atoms with Crippen molar-refractivity contribution in [1.29, 1.82) is 0 Å². The largest absolute Gasteiger partial charge is 0.472 e. The van der Waals surface area contributed by atoms with Crippen molar-refractivity contribution in [2.24, 2.45) is 0 Å². The number of carbonyl (C=O) groups is 2. The first-order chi connectivity index (χ1) is 33.0. The summed E-state index contributed by atoms with van der Waals surface area (Å²) in [4.78, 5) is 69.6. The molecule has 4 rings (SSSR count). The lowest BCUT2D eigenvalue weighted by atomic mass is 10.0. The zero-order valence-electron chi connectivity index (χ0n) is 41.0. The molecule has 2 saturated heterocycles. The molecule has 0 spiro atoms. The van der Waals surface area contributed by atoms with Crippen LogP contribution in [0, 0.1) is 0 Å². The second kappa shape index (κ2) is 33.6. The second-order valence-electron chi connectivity index (χ2n) is 18.4. The smallest absolute Gasteiger partial charge is 0.394 e. The van der Waals surface area contributed by atoms with Crippen LogP contribution in [0.1, 0.15) is 213 Å². The molecule has 4 heterocycles. The van der Waals surface area contributed by atoms with Crippen molar-refractivity contribution in [3.63, 3.8) is 0 Å². The molecule has 0 aliphatic carbocycles. The van der Waals surface area contributed by atoms with Gasteiger partial charge in [-0.3, -0.25) is 27.8 Å². The molecule has 386 valence electrons. The number of phosphoric acid groups is 1. The molecule has 0 aromatic carbocycles. The maximum absolute atomic E-state index is 13.1. The molecular weight excluding hydrogens is 912 g/mol. The monoisotopic (exact) mass is 995 g/mol. The number of hydrogen-bond donors (Lipinski definition) is 4. The van der Waals surface area contributed by atoms with Gasteiger partial charge in [-0.15, -0.1) is 11.8 Å². The highest BCUT2D eigenvalue weighted by Crippen LogP contribution is 2.49. The van der Waals surface area contributed by atoms with Crippen molar-refractivity contribution in [2.45, 2.75) is 230 Å². The SMILES string of the molecule is CCCCCCCCCCCCCCCC(=O)Nc1ccn(C2CSC(COP(=O)(O)OC3CC(n4ccc(NC(=O)CCCCCCCCCCCCCCC)nc4=O)OC3CO)O2)c(=O)n1. The number of nitrogens with zero attached hydrogens (tertiary/aromatic N) is 4. The summed E-state index contributed by atoms with van der Waals surface area (Å²) >= 11 is 1.27. The lowest BCUT2D eigenvalue weighted by Crippen LogP contribution is -2.29. The average Bonchev–Trinajstić information content (AvgIpc) is 3.95. The number of amides is 2. The first kappa shape index (κ1) is 57.6. The van der Waals surface area contributed by atoms with Gasteiger partial charge in [-0.25, -0.2) is 14.2 Å². The van der Waals surface area contributed by atoms with Crippen LogP contribution in [0.25, 0.3) is 0 Å². The van der Waals surface area contributed by atoms with Crippen molar-refractivity contribution in [2.75, 3.05) is 29.6 Å². The summed E-state index contributed by atoms with van der Waals surface area (Å²) in [5, 5.41) is 15.4. The number of aromatic nitrogens is 4. The van der Waals surface area contributed by atoms with Crippen molar-refractivity contribution < 1.29 is 42.7 Å². The highest BCUT2D eigenvalue weighted by molar-refractivity contribution is 8.00. The summed E-state index contributed by atoms with van der Waals surface area (Å²) < 4.78 is 37.9. The van der Waals surface area contributed by atoms with Gasteiger partial charge in [0.15, 0.2) is 0 Å². The fourth-order valence-corrected chi connectivity index (χ4v) is 10.6. The first-order valence-corrected chi connectivity index (χ1v) is 28.5. The van der Waals surface area contributed by atoms with Crippen LogP contribution in [-0.4, -0.2) is 77.5 Å². The summed E-state index contributed by atoms with van der Waals surface area (Å²) in [6.07, 6.45) is 31.3. The van der Waals surface area contributed by atoms with E-state index in [1.54, 1.807) is 0 Å². The van der Waals surface area contributed by atoms with Gasteiger partial charge in [0.2, 0.25) is 11.8 Å². The molecule has 2 aliphatic rings. The number of aliphatic hydroxyl groups is 1. The van der Waals surface area contributed by atoms with E-state index >= 15 is 0 Å². The minimum atomic E-state index is -4.73. The van der Waals surface area contributed by atoms with Gasteiger partial charge >= 0.3 is 19.2 Å². The second-order valence-corrected chi connectivity index (χ2v) is 21.0. The summed E-state index contributed by atoms with van der Waals surface area (Å²) in [7, 11) is -4.73. The Hall–Kier alpha value is -2.96. The molecule has 2 amide bonds. The fraction of sp³-hybridized carbons (Fsp3) is 0.796. The molecule has 2 fully saturated rings. The Morgan fingerprint density at radius 3 is 1.50 bits per heavy atom. The van der Waals surface area contributed by atoms with Crippen LogP contribution < -0.4 is 22.0 Å². The lowest BCUT2D eigenvalue weighted by molar-refractivity contribution is -0.117. The van der Waals surface area contributed by atoms with Gasteiger partial charge in [-0.1, -0.05) is 168 Å². The predicted octanol–water partition coefficient (Wildman–Crippen LogP) is 10.7. The number of unbranched alkanes of at least 4 members (excludes halogenated alkanes) is 24. The van der Waals surface area contributed by atoms with Crippen LogP contribution in [0.4, 0.5) is 11.6 Å². The van der Waals surface area contributed by atoms with Gasteiger partial charge < -0.3 is 30.1 Å². The van der Waals surface area contributed by atoms with Crippen molar-refractivity contribution in [3.05, 3.63) is 45.5 Å². The van der Waals surface area contributed by atoms with Gasteiger partial charge in [0, 0.05) is 37.4 Å². The quantitative estimate of drug-likeness (QED) is 0.0363. The van der Waals surface area contributed by atoms with E-state index in [9.17, 15) is 33.7 Å². The molecule has 68 heavy (non-hydrogen) atoms. The Morgan fingerprint density at radius 2 is 1.09 bits per heavy atom. The van der Waals surface area contributed by atoms with Crippen LogP contribution in [0.15, 0.2) is 34.1 Å². The van der Waals surface area contributed by atoms with Gasteiger partial charge in [-0.05, 0) is 25.0 Å².